The van der Waals surface area contributed by atoms with Gasteiger partial charge in [-0.05, 0) is 72.2 Å². The minimum atomic E-state index is -0.497. The molecule has 0 aliphatic heterocycles. The van der Waals surface area contributed by atoms with Gasteiger partial charge < -0.3 is 10.1 Å². The Morgan fingerprint density at radius 1 is 0.971 bits per heavy atom. The molecule has 3 aromatic carbocycles. The second-order valence-electron chi connectivity index (χ2n) is 7.84. The van der Waals surface area contributed by atoms with Crippen molar-refractivity contribution in [1.82, 2.24) is 20.1 Å². The summed E-state index contributed by atoms with van der Waals surface area (Å²) in [5.74, 6) is -0.796. The zero-order valence-corrected chi connectivity index (χ0v) is 19.1. The molecule has 0 aliphatic rings. The topological polar surface area (TPSA) is 112 Å². The van der Waals surface area contributed by atoms with Crippen molar-refractivity contribution in [3.8, 4) is 16.9 Å². The number of amides is 1. The Labute approximate surface area is 200 Å². The van der Waals surface area contributed by atoms with Crippen LogP contribution in [0.4, 0.5) is 5.69 Å². The molecule has 2 aromatic heterocycles. The van der Waals surface area contributed by atoms with Crippen LogP contribution in [0.2, 0.25) is 0 Å². The van der Waals surface area contributed by atoms with E-state index in [9.17, 15) is 9.59 Å². The number of fused-ring (bicyclic) bond motifs is 1. The lowest BCUT2D eigenvalue weighted by atomic mass is 10.1. The molecule has 0 saturated heterocycles. The Bertz CT molecular complexity index is 1550. The first-order valence-electron chi connectivity index (χ1n) is 11.0. The average molecular weight is 467 g/mol. The fourth-order valence-corrected chi connectivity index (χ4v) is 3.76. The van der Waals surface area contributed by atoms with Crippen LogP contribution in [-0.2, 0) is 4.74 Å². The zero-order valence-electron chi connectivity index (χ0n) is 19.1. The van der Waals surface area contributed by atoms with Crippen LogP contribution in [-0.4, -0.2) is 38.6 Å². The van der Waals surface area contributed by atoms with Gasteiger partial charge in [-0.15, -0.1) is 0 Å². The van der Waals surface area contributed by atoms with Crippen LogP contribution in [0.5, 0.6) is 0 Å². The van der Waals surface area contributed by atoms with E-state index < -0.39 is 5.97 Å². The van der Waals surface area contributed by atoms with Gasteiger partial charge in [0, 0.05) is 16.8 Å². The van der Waals surface area contributed by atoms with Gasteiger partial charge in [0.25, 0.3) is 5.91 Å². The van der Waals surface area contributed by atoms with Gasteiger partial charge in [0.1, 0.15) is 11.0 Å². The molecule has 9 nitrogen and oxygen atoms in total. The number of nitrogens with zero attached hydrogens (tertiary/aromatic N) is 4. The van der Waals surface area contributed by atoms with E-state index in [-0.39, 0.29) is 18.2 Å². The average Bonchev–Trinajstić information content (AvgIpc) is 3.52. The van der Waals surface area contributed by atoms with E-state index in [0.29, 0.717) is 28.0 Å². The van der Waals surface area contributed by atoms with Gasteiger partial charge in [-0.3, -0.25) is 4.79 Å². The summed E-state index contributed by atoms with van der Waals surface area (Å²) in [7, 11) is 0. The van der Waals surface area contributed by atoms with Crippen LogP contribution in [0.3, 0.4) is 0 Å². The number of aryl methyl sites for hydroxylation is 1. The third kappa shape index (κ3) is 4.39. The number of rotatable bonds is 6. The van der Waals surface area contributed by atoms with Crippen molar-refractivity contribution in [3.63, 3.8) is 0 Å². The van der Waals surface area contributed by atoms with Crippen LogP contribution >= 0.6 is 0 Å². The molecule has 5 aromatic rings. The Morgan fingerprint density at radius 2 is 1.80 bits per heavy atom. The minimum Gasteiger partial charge on any atom is -0.461 e. The molecule has 1 N–H and O–H groups in total. The summed E-state index contributed by atoms with van der Waals surface area (Å²) in [6.45, 7) is 3.98. The van der Waals surface area contributed by atoms with E-state index >= 15 is 0 Å². The van der Waals surface area contributed by atoms with Crippen molar-refractivity contribution in [2.75, 3.05) is 11.9 Å². The number of esters is 1. The van der Waals surface area contributed by atoms with Gasteiger partial charge in [0.05, 0.1) is 18.0 Å². The number of para-hydroxylation sites is 1. The zero-order chi connectivity index (χ0) is 24.4. The maximum absolute atomic E-state index is 12.9. The lowest BCUT2D eigenvalue weighted by molar-refractivity contribution is 0.0519. The molecule has 0 unspecified atom stereocenters. The Morgan fingerprint density at radius 3 is 2.63 bits per heavy atom. The number of hydrogen-bond acceptors (Lipinski definition) is 7. The van der Waals surface area contributed by atoms with E-state index in [4.69, 9.17) is 9.37 Å². The number of nitrogens with one attached hydrogen (secondary N) is 1. The van der Waals surface area contributed by atoms with Crippen molar-refractivity contribution in [2.45, 2.75) is 13.8 Å². The van der Waals surface area contributed by atoms with Gasteiger partial charge in [-0.25, -0.2) is 14.1 Å². The van der Waals surface area contributed by atoms with Crippen LogP contribution in [0.15, 0.2) is 77.4 Å². The molecule has 1 amide bonds. The number of carbonyl (C=O) groups is 2. The van der Waals surface area contributed by atoms with E-state index in [1.54, 1.807) is 41.9 Å². The first-order chi connectivity index (χ1) is 17.0. The van der Waals surface area contributed by atoms with Crippen molar-refractivity contribution >= 4 is 28.6 Å². The molecule has 0 fully saturated rings. The Balaban J connectivity index is 1.50. The summed E-state index contributed by atoms with van der Waals surface area (Å²) >= 11 is 0. The molecule has 174 valence electrons. The number of hydrogen-bond donors (Lipinski definition) is 1. The van der Waals surface area contributed by atoms with E-state index in [2.05, 4.69) is 20.7 Å². The Kier molecular flexibility index (Phi) is 5.80. The molecule has 0 saturated carbocycles. The van der Waals surface area contributed by atoms with Crippen molar-refractivity contribution in [3.05, 3.63) is 89.6 Å². The summed E-state index contributed by atoms with van der Waals surface area (Å²) in [5.41, 5.74) is 5.57. The maximum atomic E-state index is 12.9. The lowest BCUT2D eigenvalue weighted by Crippen LogP contribution is -2.11. The summed E-state index contributed by atoms with van der Waals surface area (Å²) in [5, 5.41) is 15.0. The molecule has 5 rings (SSSR count). The maximum Gasteiger partial charge on any atom is 0.358 e. The van der Waals surface area contributed by atoms with Crippen LogP contribution in [0.1, 0.15) is 33.3 Å². The normalized spacial score (nSPS) is 10.9. The summed E-state index contributed by atoms with van der Waals surface area (Å²) in [4.78, 5) is 25.3. The highest BCUT2D eigenvalue weighted by atomic mass is 16.6. The fourth-order valence-electron chi connectivity index (χ4n) is 3.76. The third-order valence-electron chi connectivity index (χ3n) is 5.47. The van der Waals surface area contributed by atoms with Gasteiger partial charge >= 0.3 is 5.97 Å². The van der Waals surface area contributed by atoms with Gasteiger partial charge in [0.2, 0.25) is 0 Å². The molecular weight excluding hydrogens is 446 g/mol. The summed E-state index contributed by atoms with van der Waals surface area (Å²) in [6, 6.07) is 21.7. The van der Waals surface area contributed by atoms with E-state index in [1.165, 1.54) is 0 Å². The highest BCUT2D eigenvalue weighted by molar-refractivity contribution is 6.06. The second-order valence-corrected chi connectivity index (χ2v) is 7.84. The number of aromatic nitrogens is 4. The molecule has 0 radical (unpaired) electrons. The quantitative estimate of drug-likeness (QED) is 0.357. The predicted molar refractivity (Wildman–Crippen MR) is 129 cm³/mol. The molecule has 0 aliphatic carbocycles. The first-order valence-corrected chi connectivity index (χ1v) is 11.0. The molecule has 0 bridgehead atoms. The molecule has 35 heavy (non-hydrogen) atoms. The van der Waals surface area contributed by atoms with Gasteiger partial charge in [0.15, 0.2) is 5.69 Å². The number of anilines is 1. The molecule has 0 spiro atoms. The minimum absolute atomic E-state index is 0.203. The molecule has 0 atom stereocenters. The highest BCUT2D eigenvalue weighted by Gasteiger charge is 2.19. The largest absolute Gasteiger partial charge is 0.461 e. The fraction of sp³-hybridized carbons (Fsp3) is 0.115. The van der Waals surface area contributed by atoms with E-state index in [1.807, 2.05) is 49.4 Å². The number of ether oxygens (including phenoxy) is 1. The SMILES string of the molecule is CCOC(=O)c1cc(-c2cccc(NC(=O)c3ccc4nonc4c3)c2)n(-c2ccccc2C)n1. The smallest absolute Gasteiger partial charge is 0.358 e. The van der Waals surface area contributed by atoms with Crippen molar-refractivity contribution < 1.29 is 19.0 Å². The van der Waals surface area contributed by atoms with Gasteiger partial charge in [-0.1, -0.05) is 30.3 Å². The predicted octanol–water partition coefficient (Wildman–Crippen LogP) is 4.81. The standard InChI is InChI=1S/C26H21N5O4/c1-3-34-26(33)22-15-24(31(28-22)23-10-5-4-7-16(23)2)17-8-6-9-19(13-17)27-25(32)18-11-12-20-21(14-18)30-35-29-20/h4-15H,3H2,1-2H3,(H,27,32). The molecule has 9 heteroatoms. The van der Waals surface area contributed by atoms with Crippen LogP contribution in [0, 0.1) is 6.92 Å². The van der Waals surface area contributed by atoms with Crippen molar-refractivity contribution in [2.24, 2.45) is 0 Å². The molecular formula is C26H21N5O4. The monoisotopic (exact) mass is 467 g/mol. The third-order valence-corrected chi connectivity index (χ3v) is 5.47. The second kappa shape index (κ2) is 9.22. The lowest BCUT2D eigenvalue weighted by Gasteiger charge is -2.12. The summed E-state index contributed by atoms with van der Waals surface area (Å²) in [6.07, 6.45) is 0. The van der Waals surface area contributed by atoms with E-state index in [0.717, 1.165) is 16.8 Å². The highest BCUT2D eigenvalue weighted by Crippen LogP contribution is 2.28. The summed E-state index contributed by atoms with van der Waals surface area (Å²) < 4.78 is 11.6. The van der Waals surface area contributed by atoms with Gasteiger partial charge in [-0.2, -0.15) is 5.10 Å². The Hall–Kier alpha value is -4.79. The van der Waals surface area contributed by atoms with Crippen molar-refractivity contribution in [1.29, 1.82) is 0 Å². The van der Waals surface area contributed by atoms with Crippen LogP contribution in [0.25, 0.3) is 28.0 Å². The number of benzene rings is 3. The molecule has 2 heterocycles. The first kappa shape index (κ1) is 22.0. The van der Waals surface area contributed by atoms with Crippen LogP contribution < -0.4 is 5.32 Å². The number of carbonyl (C=O) groups excluding carboxylic acids is 2.